The van der Waals surface area contributed by atoms with E-state index in [2.05, 4.69) is 4.98 Å². The van der Waals surface area contributed by atoms with E-state index in [1.807, 2.05) is 0 Å². The van der Waals surface area contributed by atoms with Crippen molar-refractivity contribution in [1.82, 2.24) is 4.98 Å². The Morgan fingerprint density at radius 3 is 2.43 bits per heavy atom. The Morgan fingerprint density at radius 2 is 2.07 bits per heavy atom. The molecule has 0 aliphatic rings. The van der Waals surface area contributed by atoms with Crippen molar-refractivity contribution < 1.29 is 23.1 Å². The Hall–Kier alpha value is -1.24. The van der Waals surface area contributed by atoms with E-state index < -0.39 is 11.5 Å². The van der Waals surface area contributed by atoms with Gasteiger partial charge in [0, 0.05) is 18.0 Å². The van der Waals surface area contributed by atoms with Gasteiger partial charge in [-0.1, -0.05) is 0 Å². The lowest BCUT2D eigenvalue weighted by Crippen LogP contribution is -2.01. The topological polar surface area (TPSA) is 50.2 Å². The molecule has 1 heterocycles. The predicted molar refractivity (Wildman–Crippen MR) is 43.1 cm³/mol. The number of rotatable bonds is 2. The highest BCUT2D eigenvalue weighted by atomic mass is 32.2. The highest BCUT2D eigenvalue weighted by molar-refractivity contribution is 8.00. The molecule has 0 aliphatic heterocycles. The molecule has 7 heteroatoms. The predicted octanol–water partition coefficient (Wildman–Crippen LogP) is 2.39. The molecule has 0 fully saturated rings. The van der Waals surface area contributed by atoms with Gasteiger partial charge in [0.15, 0.2) is 0 Å². The average Bonchev–Trinajstić information content (AvgIpc) is 2.02. The molecule has 1 aromatic rings. The third kappa shape index (κ3) is 3.25. The zero-order valence-corrected chi connectivity index (χ0v) is 7.39. The van der Waals surface area contributed by atoms with Gasteiger partial charge in [-0.15, -0.1) is 0 Å². The van der Waals surface area contributed by atoms with E-state index in [4.69, 9.17) is 5.11 Å². The Labute approximate surface area is 81.0 Å². The van der Waals surface area contributed by atoms with E-state index in [1.54, 1.807) is 0 Å². The summed E-state index contributed by atoms with van der Waals surface area (Å²) in [6, 6.07) is 2.09. The van der Waals surface area contributed by atoms with Gasteiger partial charge in [-0.3, -0.25) is 0 Å². The fourth-order valence-corrected chi connectivity index (χ4v) is 1.16. The summed E-state index contributed by atoms with van der Waals surface area (Å²) < 4.78 is 35.4. The van der Waals surface area contributed by atoms with Crippen LogP contribution in [0.3, 0.4) is 0 Å². The number of hydrogen-bond donors (Lipinski definition) is 1. The molecule has 0 saturated carbocycles. The molecule has 3 nitrogen and oxygen atoms in total. The molecule has 0 bridgehead atoms. The summed E-state index contributed by atoms with van der Waals surface area (Å²) in [5, 5.41) is 8.16. The summed E-state index contributed by atoms with van der Waals surface area (Å²) in [5.74, 6) is -1.22. The maximum atomic E-state index is 11.8. The third-order valence-corrected chi connectivity index (χ3v) is 1.89. The smallest absolute Gasteiger partial charge is 0.447 e. The maximum Gasteiger partial charge on any atom is 0.447 e. The number of hydrogen-bond acceptors (Lipinski definition) is 3. The zero-order chi connectivity index (χ0) is 10.8. The first-order valence-corrected chi connectivity index (χ1v) is 4.15. The molecule has 1 rings (SSSR count). The Bertz CT molecular complexity index is 336. The van der Waals surface area contributed by atoms with Gasteiger partial charge in [-0.2, -0.15) is 13.2 Å². The second-order valence-electron chi connectivity index (χ2n) is 2.24. The van der Waals surface area contributed by atoms with Gasteiger partial charge in [-0.25, -0.2) is 9.78 Å². The first kappa shape index (κ1) is 10.8. The molecule has 14 heavy (non-hydrogen) atoms. The largest absolute Gasteiger partial charge is 0.478 e. The molecule has 0 spiro atoms. The maximum absolute atomic E-state index is 11.8. The Morgan fingerprint density at radius 1 is 1.43 bits per heavy atom. The summed E-state index contributed by atoms with van der Waals surface area (Å²) in [7, 11) is 0. The van der Waals surface area contributed by atoms with E-state index in [-0.39, 0.29) is 22.4 Å². The van der Waals surface area contributed by atoms with Crippen molar-refractivity contribution in [1.29, 1.82) is 0 Å². The number of carbonyl (C=O) groups is 1. The van der Waals surface area contributed by atoms with Crippen molar-refractivity contribution in [3.05, 3.63) is 23.9 Å². The minimum absolute atomic E-state index is 0.142. The number of alkyl halides is 3. The average molecular weight is 223 g/mol. The summed E-state index contributed by atoms with van der Waals surface area (Å²) in [6.45, 7) is 0. The van der Waals surface area contributed by atoms with Crippen molar-refractivity contribution in [2.45, 2.75) is 10.5 Å². The van der Waals surface area contributed by atoms with E-state index in [1.165, 1.54) is 0 Å². The minimum Gasteiger partial charge on any atom is -0.478 e. The molecule has 0 atom stereocenters. The van der Waals surface area contributed by atoms with Crippen molar-refractivity contribution >= 4 is 17.7 Å². The third-order valence-electron chi connectivity index (χ3n) is 1.20. The fourth-order valence-electron chi connectivity index (χ4n) is 0.686. The normalized spacial score (nSPS) is 11.4. The quantitative estimate of drug-likeness (QED) is 0.782. The number of nitrogens with zero attached hydrogens (tertiary/aromatic N) is 1. The first-order valence-electron chi connectivity index (χ1n) is 3.33. The van der Waals surface area contributed by atoms with Gasteiger partial charge in [0.1, 0.15) is 5.03 Å². The summed E-state index contributed by atoms with van der Waals surface area (Å²) in [5.41, 5.74) is -4.55. The van der Waals surface area contributed by atoms with Crippen LogP contribution in [0, 0.1) is 0 Å². The van der Waals surface area contributed by atoms with Crippen molar-refractivity contribution in [2.24, 2.45) is 0 Å². The van der Waals surface area contributed by atoms with Gasteiger partial charge in [0.05, 0.1) is 5.56 Å². The lowest BCUT2D eigenvalue weighted by atomic mass is 10.3. The van der Waals surface area contributed by atoms with Crippen LogP contribution in [0.25, 0.3) is 0 Å². The number of aromatic nitrogens is 1. The van der Waals surface area contributed by atoms with E-state index in [0.29, 0.717) is 0 Å². The van der Waals surface area contributed by atoms with Crippen LogP contribution >= 0.6 is 11.8 Å². The van der Waals surface area contributed by atoms with Gasteiger partial charge >= 0.3 is 11.5 Å². The van der Waals surface area contributed by atoms with Crippen LogP contribution in [0.15, 0.2) is 23.4 Å². The number of carboxylic acids is 1. The van der Waals surface area contributed by atoms with Crippen molar-refractivity contribution in [2.75, 3.05) is 0 Å². The van der Waals surface area contributed by atoms with Gasteiger partial charge in [0.25, 0.3) is 0 Å². The van der Waals surface area contributed by atoms with E-state index in [0.717, 1.165) is 18.3 Å². The molecule has 0 aromatic carbocycles. The van der Waals surface area contributed by atoms with Crippen molar-refractivity contribution in [3.8, 4) is 0 Å². The Kier molecular flexibility index (Phi) is 3.00. The number of aromatic carboxylic acids is 1. The lowest BCUT2D eigenvalue weighted by molar-refractivity contribution is -0.0329. The molecule has 0 saturated heterocycles. The molecule has 0 unspecified atom stereocenters. The lowest BCUT2D eigenvalue weighted by Gasteiger charge is -2.03. The molecule has 1 N–H and O–H groups in total. The molecule has 0 amide bonds. The van der Waals surface area contributed by atoms with Crippen LogP contribution in [-0.4, -0.2) is 21.6 Å². The van der Waals surface area contributed by atoms with Gasteiger partial charge in [-0.05, 0) is 12.1 Å². The summed E-state index contributed by atoms with van der Waals surface area (Å²) in [4.78, 5) is 13.7. The number of thioether (sulfide) groups is 1. The second kappa shape index (κ2) is 3.87. The molecule has 1 aromatic heterocycles. The molecule has 76 valence electrons. The molecule has 0 radical (unpaired) electrons. The van der Waals surface area contributed by atoms with Crippen LogP contribution in [0.1, 0.15) is 10.4 Å². The Balaban J connectivity index is 2.79. The highest BCUT2D eigenvalue weighted by Crippen LogP contribution is 2.35. The minimum atomic E-state index is -4.41. The summed E-state index contributed by atoms with van der Waals surface area (Å²) >= 11 is -0.383. The number of carboxylic acid groups (broad SMARTS) is 1. The van der Waals surface area contributed by atoms with E-state index >= 15 is 0 Å². The van der Waals surface area contributed by atoms with Crippen LogP contribution < -0.4 is 0 Å². The van der Waals surface area contributed by atoms with Crippen molar-refractivity contribution in [3.63, 3.8) is 0 Å². The van der Waals surface area contributed by atoms with Crippen LogP contribution in [-0.2, 0) is 0 Å². The molecular formula is C7H4F3NO2S. The highest BCUT2D eigenvalue weighted by Gasteiger charge is 2.29. The van der Waals surface area contributed by atoms with Gasteiger partial charge in [0.2, 0.25) is 0 Å². The number of pyridine rings is 1. The monoisotopic (exact) mass is 223 g/mol. The first-order chi connectivity index (χ1) is 6.38. The molecule has 0 aliphatic carbocycles. The fraction of sp³-hybridized carbons (Fsp3) is 0.143. The number of halogens is 3. The summed E-state index contributed by atoms with van der Waals surface area (Å²) in [6.07, 6.45) is 0.885. The van der Waals surface area contributed by atoms with Crippen LogP contribution in [0.2, 0.25) is 0 Å². The van der Waals surface area contributed by atoms with Crippen LogP contribution in [0.4, 0.5) is 13.2 Å². The van der Waals surface area contributed by atoms with Gasteiger partial charge < -0.3 is 5.11 Å². The SMILES string of the molecule is O=C(O)c1ccc(SC(F)(F)F)nc1. The standard InChI is InChI=1S/C7H4F3NO2S/c8-7(9,10)14-5-2-1-4(3-11-5)6(12)13/h1-3H,(H,12,13). The van der Waals surface area contributed by atoms with E-state index in [9.17, 15) is 18.0 Å². The second-order valence-corrected chi connectivity index (χ2v) is 3.32. The zero-order valence-electron chi connectivity index (χ0n) is 6.58. The van der Waals surface area contributed by atoms with Crippen LogP contribution in [0.5, 0.6) is 0 Å². The molecular weight excluding hydrogens is 219 g/mol.